The Balaban J connectivity index is 1.38. The van der Waals surface area contributed by atoms with Gasteiger partial charge in [0.2, 0.25) is 5.91 Å². The summed E-state index contributed by atoms with van der Waals surface area (Å²) in [6, 6.07) is 17.6. The summed E-state index contributed by atoms with van der Waals surface area (Å²) < 4.78 is 0. The van der Waals surface area contributed by atoms with E-state index in [2.05, 4.69) is 17.0 Å². The standard InChI is InChI=1S/C21H22ClN3OS/c22-20-3-1-2-19(12-20)14-24-8-10-25(11-9-24)21(26)16-27-15-18-6-4-17(13-23)5-7-18/h1-7,12H,8-11,14-16H2. The number of nitriles is 1. The molecule has 0 saturated carbocycles. The van der Waals surface area contributed by atoms with Gasteiger partial charge in [0, 0.05) is 43.5 Å². The number of carbonyl (C=O) groups excluding carboxylic acids is 1. The van der Waals surface area contributed by atoms with Gasteiger partial charge < -0.3 is 4.90 Å². The molecule has 0 N–H and O–H groups in total. The molecular weight excluding hydrogens is 378 g/mol. The van der Waals surface area contributed by atoms with Gasteiger partial charge in [-0.1, -0.05) is 35.9 Å². The number of amides is 1. The molecule has 0 aliphatic carbocycles. The van der Waals surface area contributed by atoms with Gasteiger partial charge >= 0.3 is 0 Å². The minimum atomic E-state index is 0.205. The van der Waals surface area contributed by atoms with E-state index in [-0.39, 0.29) is 5.91 Å². The lowest BCUT2D eigenvalue weighted by atomic mass is 10.2. The first-order chi connectivity index (χ1) is 13.1. The van der Waals surface area contributed by atoms with Crippen LogP contribution >= 0.6 is 23.4 Å². The molecule has 4 nitrogen and oxygen atoms in total. The largest absolute Gasteiger partial charge is 0.339 e. The van der Waals surface area contributed by atoms with Gasteiger partial charge in [-0.2, -0.15) is 5.26 Å². The molecule has 1 fully saturated rings. The second-order valence-electron chi connectivity index (χ2n) is 6.59. The summed E-state index contributed by atoms with van der Waals surface area (Å²) >= 11 is 7.67. The van der Waals surface area contributed by atoms with Crippen molar-refractivity contribution in [1.29, 1.82) is 5.26 Å². The summed E-state index contributed by atoms with van der Waals surface area (Å²) in [4.78, 5) is 16.7. The number of hydrogen-bond acceptors (Lipinski definition) is 4. The molecule has 1 heterocycles. The number of benzene rings is 2. The minimum absolute atomic E-state index is 0.205. The van der Waals surface area contributed by atoms with Gasteiger partial charge in [-0.3, -0.25) is 9.69 Å². The molecule has 1 saturated heterocycles. The maximum absolute atomic E-state index is 12.4. The number of rotatable bonds is 6. The van der Waals surface area contributed by atoms with E-state index in [0.717, 1.165) is 49.1 Å². The average molecular weight is 400 g/mol. The van der Waals surface area contributed by atoms with Crippen molar-refractivity contribution < 1.29 is 4.79 Å². The maximum Gasteiger partial charge on any atom is 0.232 e. The second-order valence-corrected chi connectivity index (χ2v) is 8.01. The fraction of sp³-hybridized carbons (Fsp3) is 0.333. The number of hydrogen-bond donors (Lipinski definition) is 0. The van der Waals surface area contributed by atoms with Crippen molar-refractivity contribution in [3.8, 4) is 6.07 Å². The summed E-state index contributed by atoms with van der Waals surface area (Å²) in [6.45, 7) is 4.20. The van der Waals surface area contributed by atoms with Crippen LogP contribution in [0.25, 0.3) is 0 Å². The van der Waals surface area contributed by atoms with Gasteiger partial charge in [0.1, 0.15) is 0 Å². The van der Waals surface area contributed by atoms with E-state index in [9.17, 15) is 4.79 Å². The highest BCUT2D eigenvalue weighted by Crippen LogP contribution is 2.16. The van der Waals surface area contributed by atoms with E-state index in [4.69, 9.17) is 16.9 Å². The third-order valence-corrected chi connectivity index (χ3v) is 5.82. The first-order valence-corrected chi connectivity index (χ1v) is 10.5. The summed E-state index contributed by atoms with van der Waals surface area (Å²) in [7, 11) is 0. The zero-order valence-corrected chi connectivity index (χ0v) is 16.7. The molecule has 0 atom stereocenters. The molecule has 3 rings (SSSR count). The van der Waals surface area contributed by atoms with Crippen LogP contribution in [0.2, 0.25) is 5.02 Å². The fourth-order valence-corrected chi connectivity index (χ4v) is 4.17. The van der Waals surface area contributed by atoms with E-state index in [0.29, 0.717) is 11.3 Å². The molecule has 2 aromatic rings. The molecule has 27 heavy (non-hydrogen) atoms. The van der Waals surface area contributed by atoms with Crippen LogP contribution in [-0.4, -0.2) is 47.6 Å². The predicted octanol–water partition coefficient (Wildman–Crippen LogP) is 3.79. The smallest absolute Gasteiger partial charge is 0.232 e. The Kier molecular flexibility index (Phi) is 7.17. The van der Waals surface area contributed by atoms with Gasteiger partial charge in [0.15, 0.2) is 0 Å². The summed E-state index contributed by atoms with van der Waals surface area (Å²) in [5.74, 6) is 1.48. The van der Waals surface area contributed by atoms with Crippen LogP contribution in [0.1, 0.15) is 16.7 Å². The van der Waals surface area contributed by atoms with Crippen LogP contribution in [0.15, 0.2) is 48.5 Å². The fourth-order valence-electron chi connectivity index (χ4n) is 3.07. The number of nitrogens with zero attached hydrogens (tertiary/aromatic N) is 3. The van der Waals surface area contributed by atoms with Crippen LogP contribution in [0.5, 0.6) is 0 Å². The molecule has 0 bridgehead atoms. The molecule has 0 unspecified atom stereocenters. The summed E-state index contributed by atoms with van der Waals surface area (Å²) in [5, 5.41) is 9.58. The van der Waals surface area contributed by atoms with Gasteiger partial charge in [-0.15, -0.1) is 11.8 Å². The third kappa shape index (κ3) is 6.00. The molecule has 0 radical (unpaired) electrons. The Morgan fingerprint density at radius 2 is 1.81 bits per heavy atom. The van der Waals surface area contributed by atoms with Gasteiger partial charge in [0.05, 0.1) is 17.4 Å². The molecule has 2 aromatic carbocycles. The Bertz CT molecular complexity index is 811. The van der Waals surface area contributed by atoms with Crippen molar-refractivity contribution in [1.82, 2.24) is 9.80 Å². The SMILES string of the molecule is N#Cc1ccc(CSCC(=O)N2CCN(Cc3cccc(Cl)c3)CC2)cc1. The minimum Gasteiger partial charge on any atom is -0.339 e. The highest BCUT2D eigenvalue weighted by atomic mass is 35.5. The molecule has 1 aliphatic heterocycles. The van der Waals surface area contributed by atoms with Crippen molar-refractivity contribution in [2.75, 3.05) is 31.9 Å². The zero-order valence-electron chi connectivity index (χ0n) is 15.1. The lowest BCUT2D eigenvalue weighted by Crippen LogP contribution is -2.48. The van der Waals surface area contributed by atoms with Crippen molar-refractivity contribution in [3.63, 3.8) is 0 Å². The predicted molar refractivity (Wildman–Crippen MR) is 111 cm³/mol. The van der Waals surface area contributed by atoms with Crippen molar-refractivity contribution in [2.24, 2.45) is 0 Å². The van der Waals surface area contributed by atoms with E-state index in [1.165, 1.54) is 5.56 Å². The highest BCUT2D eigenvalue weighted by molar-refractivity contribution is 7.99. The summed E-state index contributed by atoms with van der Waals surface area (Å²) in [6.07, 6.45) is 0. The lowest BCUT2D eigenvalue weighted by Gasteiger charge is -2.34. The van der Waals surface area contributed by atoms with Gasteiger partial charge in [0.25, 0.3) is 0 Å². The normalized spacial score (nSPS) is 14.7. The lowest BCUT2D eigenvalue weighted by molar-refractivity contribution is -0.130. The second kappa shape index (κ2) is 9.80. The molecule has 1 aliphatic rings. The van der Waals surface area contributed by atoms with Crippen LogP contribution < -0.4 is 0 Å². The Morgan fingerprint density at radius 3 is 2.48 bits per heavy atom. The number of piperazine rings is 1. The molecule has 140 valence electrons. The highest BCUT2D eigenvalue weighted by Gasteiger charge is 2.21. The third-order valence-electron chi connectivity index (χ3n) is 4.60. The molecular formula is C21H22ClN3OS. The molecule has 1 amide bonds. The Labute approximate surface area is 169 Å². The van der Waals surface area contributed by atoms with Gasteiger partial charge in [-0.25, -0.2) is 0 Å². The first kappa shape index (κ1) is 19.8. The Morgan fingerprint density at radius 1 is 1.07 bits per heavy atom. The topological polar surface area (TPSA) is 47.3 Å². The number of carbonyl (C=O) groups is 1. The van der Waals surface area contributed by atoms with E-state index in [1.807, 2.05) is 47.4 Å². The molecule has 6 heteroatoms. The Hall–Kier alpha value is -2.00. The maximum atomic E-state index is 12.4. The van der Waals surface area contributed by atoms with Crippen LogP contribution in [-0.2, 0) is 17.1 Å². The van der Waals surface area contributed by atoms with Crippen molar-refractivity contribution in [3.05, 3.63) is 70.2 Å². The van der Waals surface area contributed by atoms with Crippen LogP contribution in [0, 0.1) is 11.3 Å². The number of thioether (sulfide) groups is 1. The quantitative estimate of drug-likeness (QED) is 0.741. The molecule has 0 spiro atoms. The van der Waals surface area contributed by atoms with E-state index in [1.54, 1.807) is 11.8 Å². The monoisotopic (exact) mass is 399 g/mol. The van der Waals surface area contributed by atoms with Crippen molar-refractivity contribution >= 4 is 29.3 Å². The van der Waals surface area contributed by atoms with Crippen molar-refractivity contribution in [2.45, 2.75) is 12.3 Å². The van der Waals surface area contributed by atoms with Crippen LogP contribution in [0.3, 0.4) is 0 Å². The zero-order chi connectivity index (χ0) is 19.1. The van der Waals surface area contributed by atoms with E-state index < -0.39 is 0 Å². The summed E-state index contributed by atoms with van der Waals surface area (Å²) in [5.41, 5.74) is 3.01. The average Bonchev–Trinajstić information content (AvgIpc) is 2.69. The number of halogens is 1. The van der Waals surface area contributed by atoms with Gasteiger partial charge in [-0.05, 0) is 35.4 Å². The molecule has 0 aromatic heterocycles. The first-order valence-electron chi connectivity index (χ1n) is 8.95. The van der Waals surface area contributed by atoms with E-state index >= 15 is 0 Å². The van der Waals surface area contributed by atoms with Crippen LogP contribution in [0.4, 0.5) is 0 Å².